The fourth-order valence-electron chi connectivity index (χ4n) is 2.45. The van der Waals surface area contributed by atoms with Crippen molar-refractivity contribution in [2.75, 3.05) is 39.0 Å². The predicted molar refractivity (Wildman–Crippen MR) is 89.7 cm³/mol. The van der Waals surface area contributed by atoms with Crippen LogP contribution in [0.15, 0.2) is 23.1 Å². The number of sulfonamides is 1. The Balaban J connectivity index is 2.29. The summed E-state index contributed by atoms with van der Waals surface area (Å²) >= 11 is 0. The van der Waals surface area contributed by atoms with Crippen LogP contribution in [-0.2, 0) is 10.0 Å². The fourth-order valence-corrected chi connectivity index (χ4v) is 3.72. The van der Waals surface area contributed by atoms with Crippen LogP contribution in [0.25, 0.3) is 0 Å². The number of rotatable bonds is 4. The zero-order valence-corrected chi connectivity index (χ0v) is 14.6. The third-order valence-electron chi connectivity index (χ3n) is 3.75. The maximum Gasteiger partial charge on any atom is 0.256 e. The van der Waals surface area contributed by atoms with Gasteiger partial charge in [0, 0.05) is 37.9 Å². The fraction of sp³-hybridized carbons (Fsp3) is 0.533. The summed E-state index contributed by atoms with van der Waals surface area (Å²) in [6.07, 6.45) is 0. The number of nitrogens with zero attached hydrogens (tertiary/aromatic N) is 2. The number of nitrogen functional groups attached to an aromatic ring is 1. The van der Waals surface area contributed by atoms with E-state index in [0.29, 0.717) is 13.1 Å². The minimum Gasteiger partial charge on any atom is -0.398 e. The van der Waals surface area contributed by atoms with E-state index in [1.807, 2.05) is 7.05 Å². The van der Waals surface area contributed by atoms with Crippen molar-refractivity contribution in [1.82, 2.24) is 14.5 Å². The lowest BCUT2D eigenvalue weighted by Crippen LogP contribution is -2.47. The van der Waals surface area contributed by atoms with Crippen LogP contribution in [0.5, 0.6) is 0 Å². The second-order valence-corrected chi connectivity index (χ2v) is 7.83. The Bertz CT molecular complexity index is 680. The Morgan fingerprint density at radius 1 is 1.22 bits per heavy atom. The van der Waals surface area contributed by atoms with Crippen molar-refractivity contribution >= 4 is 21.6 Å². The smallest absolute Gasteiger partial charge is 0.256 e. The molecule has 0 atom stereocenters. The molecule has 1 aliphatic rings. The van der Waals surface area contributed by atoms with Gasteiger partial charge in [-0.25, -0.2) is 13.1 Å². The van der Waals surface area contributed by atoms with Crippen LogP contribution in [0.1, 0.15) is 24.2 Å². The minimum absolute atomic E-state index is 0.0536. The molecule has 0 radical (unpaired) electrons. The van der Waals surface area contributed by atoms with E-state index in [1.165, 1.54) is 18.2 Å². The number of anilines is 1. The molecule has 0 bridgehead atoms. The second kappa shape index (κ2) is 6.86. The molecule has 3 N–H and O–H groups in total. The predicted octanol–water partition coefficient (Wildman–Crippen LogP) is 0.343. The number of amides is 1. The quantitative estimate of drug-likeness (QED) is 0.771. The van der Waals surface area contributed by atoms with Crippen LogP contribution < -0.4 is 10.5 Å². The van der Waals surface area contributed by atoms with Gasteiger partial charge in [0.1, 0.15) is 0 Å². The summed E-state index contributed by atoms with van der Waals surface area (Å²) < 4.78 is 27.0. The number of carbonyl (C=O) groups is 1. The Labute approximate surface area is 137 Å². The van der Waals surface area contributed by atoms with E-state index in [-0.39, 0.29) is 28.1 Å². The molecule has 2 rings (SSSR count). The van der Waals surface area contributed by atoms with Gasteiger partial charge >= 0.3 is 0 Å². The van der Waals surface area contributed by atoms with E-state index in [9.17, 15) is 13.2 Å². The molecule has 1 aromatic carbocycles. The Morgan fingerprint density at radius 2 is 1.83 bits per heavy atom. The monoisotopic (exact) mass is 340 g/mol. The van der Waals surface area contributed by atoms with Gasteiger partial charge in [0.05, 0.1) is 10.5 Å². The Kier molecular flexibility index (Phi) is 5.28. The molecular weight excluding hydrogens is 316 g/mol. The van der Waals surface area contributed by atoms with Crippen molar-refractivity contribution in [3.63, 3.8) is 0 Å². The highest BCUT2D eigenvalue weighted by molar-refractivity contribution is 7.89. The largest absolute Gasteiger partial charge is 0.398 e. The van der Waals surface area contributed by atoms with E-state index in [2.05, 4.69) is 9.62 Å². The molecular formula is C15H24N4O3S. The zero-order chi connectivity index (χ0) is 17.2. The summed E-state index contributed by atoms with van der Waals surface area (Å²) in [4.78, 5) is 16.5. The molecule has 0 aliphatic carbocycles. The number of likely N-dealkylation sites (N-methyl/N-ethyl adjacent to an activating group) is 1. The van der Waals surface area contributed by atoms with Gasteiger partial charge in [0.15, 0.2) is 0 Å². The van der Waals surface area contributed by atoms with E-state index in [0.717, 1.165) is 13.1 Å². The lowest BCUT2D eigenvalue weighted by atomic mass is 10.1. The summed E-state index contributed by atoms with van der Waals surface area (Å²) in [7, 11) is -1.66. The molecule has 0 aromatic heterocycles. The van der Waals surface area contributed by atoms with Crippen molar-refractivity contribution in [1.29, 1.82) is 0 Å². The molecule has 23 heavy (non-hydrogen) atoms. The Hall–Kier alpha value is -1.64. The third-order valence-corrected chi connectivity index (χ3v) is 5.40. The molecule has 128 valence electrons. The van der Waals surface area contributed by atoms with Crippen molar-refractivity contribution in [3.05, 3.63) is 23.8 Å². The lowest BCUT2D eigenvalue weighted by Gasteiger charge is -2.32. The standard InChI is InChI=1S/C15H24N4O3S/c1-11(2)17-23(21,22)12-4-5-14(16)13(10-12)15(20)19-8-6-18(3)7-9-19/h4-5,10-11,17H,6-9,16H2,1-3H3. The normalized spacial score (nSPS) is 16.8. The molecule has 8 heteroatoms. The van der Waals surface area contributed by atoms with Gasteiger partial charge in [0.2, 0.25) is 10.0 Å². The topological polar surface area (TPSA) is 95.7 Å². The van der Waals surface area contributed by atoms with Crippen LogP contribution in [0.4, 0.5) is 5.69 Å². The van der Waals surface area contributed by atoms with Crippen molar-refractivity contribution < 1.29 is 13.2 Å². The molecule has 0 saturated carbocycles. The summed E-state index contributed by atoms with van der Waals surface area (Å²) in [5.41, 5.74) is 6.42. The van der Waals surface area contributed by atoms with Gasteiger partial charge < -0.3 is 15.5 Å². The van der Waals surface area contributed by atoms with E-state index in [4.69, 9.17) is 5.73 Å². The third kappa shape index (κ3) is 4.21. The van der Waals surface area contributed by atoms with Crippen LogP contribution in [0, 0.1) is 0 Å². The number of benzene rings is 1. The maximum atomic E-state index is 12.6. The molecule has 7 nitrogen and oxygen atoms in total. The van der Waals surface area contributed by atoms with Gasteiger partial charge in [0.25, 0.3) is 5.91 Å². The molecule has 1 aliphatic heterocycles. The van der Waals surface area contributed by atoms with Crippen LogP contribution >= 0.6 is 0 Å². The summed E-state index contributed by atoms with van der Waals surface area (Å²) in [6.45, 7) is 6.28. The van der Waals surface area contributed by atoms with E-state index < -0.39 is 10.0 Å². The summed E-state index contributed by atoms with van der Waals surface area (Å²) in [5.74, 6) is -0.225. The van der Waals surface area contributed by atoms with Crippen molar-refractivity contribution in [2.24, 2.45) is 0 Å². The first-order valence-electron chi connectivity index (χ1n) is 7.60. The molecule has 1 aromatic rings. The summed E-state index contributed by atoms with van der Waals surface area (Å²) in [5, 5.41) is 0. The highest BCUT2D eigenvalue weighted by Crippen LogP contribution is 2.20. The van der Waals surface area contributed by atoms with Crippen molar-refractivity contribution in [2.45, 2.75) is 24.8 Å². The first-order valence-corrected chi connectivity index (χ1v) is 9.08. The molecule has 1 amide bonds. The molecule has 0 spiro atoms. The maximum absolute atomic E-state index is 12.6. The SMILES string of the molecule is CC(C)NS(=O)(=O)c1ccc(N)c(C(=O)N2CCN(C)CC2)c1. The number of piperazine rings is 1. The second-order valence-electron chi connectivity index (χ2n) is 6.12. The highest BCUT2D eigenvalue weighted by Gasteiger charge is 2.24. The number of carbonyl (C=O) groups excluding carboxylic acids is 1. The van der Waals surface area contributed by atoms with Gasteiger partial charge in [-0.2, -0.15) is 0 Å². The van der Waals surface area contributed by atoms with E-state index in [1.54, 1.807) is 18.7 Å². The number of nitrogens with two attached hydrogens (primary N) is 1. The minimum atomic E-state index is -3.66. The lowest BCUT2D eigenvalue weighted by molar-refractivity contribution is 0.0665. The van der Waals surface area contributed by atoms with Crippen LogP contribution in [-0.4, -0.2) is 63.4 Å². The average molecular weight is 340 g/mol. The molecule has 1 fully saturated rings. The first kappa shape index (κ1) is 17.7. The zero-order valence-electron chi connectivity index (χ0n) is 13.7. The van der Waals surface area contributed by atoms with Gasteiger partial charge in [-0.05, 0) is 39.1 Å². The average Bonchev–Trinajstić information content (AvgIpc) is 2.46. The molecule has 0 unspecified atom stereocenters. The highest BCUT2D eigenvalue weighted by atomic mass is 32.2. The van der Waals surface area contributed by atoms with E-state index >= 15 is 0 Å². The van der Waals surface area contributed by atoms with Gasteiger partial charge in [-0.15, -0.1) is 0 Å². The number of hydrogen-bond donors (Lipinski definition) is 2. The van der Waals surface area contributed by atoms with Gasteiger partial charge in [-0.1, -0.05) is 0 Å². The molecule has 1 saturated heterocycles. The van der Waals surface area contributed by atoms with Gasteiger partial charge in [-0.3, -0.25) is 4.79 Å². The van der Waals surface area contributed by atoms with Crippen molar-refractivity contribution in [3.8, 4) is 0 Å². The Morgan fingerprint density at radius 3 is 2.39 bits per heavy atom. The van der Waals surface area contributed by atoms with Crippen LogP contribution in [0.3, 0.4) is 0 Å². The molecule has 1 heterocycles. The van der Waals surface area contributed by atoms with Crippen LogP contribution in [0.2, 0.25) is 0 Å². The summed E-state index contributed by atoms with van der Waals surface area (Å²) in [6, 6.07) is 4.02. The number of nitrogens with one attached hydrogen (secondary N) is 1. The first-order chi connectivity index (χ1) is 10.7. The number of hydrogen-bond acceptors (Lipinski definition) is 5.